The van der Waals surface area contributed by atoms with Crippen molar-refractivity contribution in [2.24, 2.45) is 5.10 Å². The molecule has 1 amide bonds. The Kier molecular flexibility index (Phi) is 6.07. The summed E-state index contributed by atoms with van der Waals surface area (Å²) in [6.07, 6.45) is 1.51. The van der Waals surface area contributed by atoms with E-state index in [-0.39, 0.29) is 17.0 Å². The molecular weight excluding hydrogens is 333 g/mol. The Hall–Kier alpha value is -3.20. The number of aryl methyl sites for hydroxylation is 1. The minimum atomic E-state index is -0.764. The lowest BCUT2D eigenvalue weighted by molar-refractivity contribution is 0.0951. The van der Waals surface area contributed by atoms with Gasteiger partial charge < -0.3 is 4.74 Å². The van der Waals surface area contributed by atoms with Crippen LogP contribution >= 0.6 is 0 Å². The molecule has 0 saturated carbocycles. The van der Waals surface area contributed by atoms with E-state index in [1.165, 1.54) is 18.3 Å². The minimum absolute atomic E-state index is 0.151. The van der Waals surface area contributed by atoms with Crippen LogP contribution in [0.25, 0.3) is 0 Å². The number of benzene rings is 2. The lowest BCUT2D eigenvalue weighted by Gasteiger charge is -2.14. The molecule has 0 unspecified atom stereocenters. The standard InChI is InChI=1S/C20H20FN3O2/c1-12(2)17-9-15(13(3)7-19(17)26-4)11-23-24-20(25)16-6-5-14(10-22)8-18(16)21/h5-9,11-12H,1-4H3,(H,24,25). The molecule has 0 aliphatic heterocycles. The van der Waals surface area contributed by atoms with Gasteiger partial charge in [0, 0.05) is 0 Å². The quantitative estimate of drug-likeness (QED) is 0.654. The predicted octanol–water partition coefficient (Wildman–Crippen LogP) is 3.90. The fourth-order valence-electron chi connectivity index (χ4n) is 2.47. The van der Waals surface area contributed by atoms with Gasteiger partial charge in [-0.15, -0.1) is 0 Å². The molecule has 0 spiro atoms. The molecule has 0 saturated heterocycles. The Bertz CT molecular complexity index is 899. The Morgan fingerprint density at radius 2 is 2.08 bits per heavy atom. The van der Waals surface area contributed by atoms with Crippen molar-refractivity contribution in [3.8, 4) is 11.8 Å². The van der Waals surface area contributed by atoms with Crippen LogP contribution in [0.2, 0.25) is 0 Å². The highest BCUT2D eigenvalue weighted by Gasteiger charge is 2.12. The molecule has 5 nitrogen and oxygen atoms in total. The number of hydrogen-bond acceptors (Lipinski definition) is 4. The summed E-state index contributed by atoms with van der Waals surface area (Å²) in [6, 6.07) is 9.34. The Morgan fingerprint density at radius 1 is 1.35 bits per heavy atom. The second kappa shape index (κ2) is 8.26. The van der Waals surface area contributed by atoms with Crippen LogP contribution in [0.1, 0.15) is 52.4 Å². The number of carbonyl (C=O) groups excluding carboxylic acids is 1. The Morgan fingerprint density at radius 3 is 2.65 bits per heavy atom. The molecule has 0 radical (unpaired) electrons. The maximum Gasteiger partial charge on any atom is 0.274 e. The maximum absolute atomic E-state index is 13.8. The molecule has 0 bridgehead atoms. The van der Waals surface area contributed by atoms with E-state index in [1.807, 2.05) is 25.1 Å². The number of ether oxygens (including phenoxy) is 1. The summed E-state index contributed by atoms with van der Waals surface area (Å²) in [4.78, 5) is 12.0. The summed E-state index contributed by atoms with van der Waals surface area (Å²) < 4.78 is 19.2. The van der Waals surface area contributed by atoms with E-state index in [1.54, 1.807) is 7.11 Å². The molecule has 0 aliphatic carbocycles. The Balaban J connectivity index is 2.19. The van der Waals surface area contributed by atoms with Crippen LogP contribution < -0.4 is 10.2 Å². The van der Waals surface area contributed by atoms with Crippen molar-refractivity contribution in [3.63, 3.8) is 0 Å². The van der Waals surface area contributed by atoms with Crippen molar-refractivity contribution >= 4 is 12.1 Å². The van der Waals surface area contributed by atoms with Crippen LogP contribution in [0.15, 0.2) is 35.4 Å². The van der Waals surface area contributed by atoms with Crippen LogP contribution in [0, 0.1) is 24.1 Å². The van der Waals surface area contributed by atoms with Gasteiger partial charge in [-0.25, -0.2) is 9.82 Å². The third-order valence-corrected chi connectivity index (χ3v) is 3.95. The first-order valence-electron chi connectivity index (χ1n) is 8.09. The summed E-state index contributed by atoms with van der Waals surface area (Å²) in [5, 5.41) is 12.7. The summed E-state index contributed by atoms with van der Waals surface area (Å²) in [5.41, 5.74) is 5.09. The van der Waals surface area contributed by atoms with Gasteiger partial charge in [-0.05, 0) is 59.9 Å². The fraction of sp³-hybridized carbons (Fsp3) is 0.250. The van der Waals surface area contributed by atoms with Gasteiger partial charge in [0.05, 0.1) is 30.5 Å². The van der Waals surface area contributed by atoms with Crippen molar-refractivity contribution in [1.29, 1.82) is 5.26 Å². The third kappa shape index (κ3) is 4.25. The third-order valence-electron chi connectivity index (χ3n) is 3.95. The van der Waals surface area contributed by atoms with Crippen LogP contribution in [0.5, 0.6) is 5.75 Å². The van der Waals surface area contributed by atoms with Crippen LogP contribution in [0.3, 0.4) is 0 Å². The normalized spacial score (nSPS) is 10.8. The largest absolute Gasteiger partial charge is 0.496 e. The number of amides is 1. The van der Waals surface area contributed by atoms with Crippen molar-refractivity contribution in [2.75, 3.05) is 7.11 Å². The molecule has 2 aromatic carbocycles. The number of methoxy groups -OCH3 is 1. The van der Waals surface area contributed by atoms with E-state index in [0.29, 0.717) is 0 Å². The number of rotatable bonds is 5. The predicted molar refractivity (Wildman–Crippen MR) is 98.0 cm³/mol. The van der Waals surface area contributed by atoms with Gasteiger partial charge >= 0.3 is 0 Å². The molecule has 2 aromatic rings. The maximum atomic E-state index is 13.8. The first-order valence-corrected chi connectivity index (χ1v) is 8.09. The molecule has 0 heterocycles. The van der Waals surface area contributed by atoms with Gasteiger partial charge in [0.1, 0.15) is 11.6 Å². The number of halogens is 1. The molecule has 0 fully saturated rings. The van der Waals surface area contributed by atoms with Gasteiger partial charge in [-0.1, -0.05) is 13.8 Å². The lowest BCUT2D eigenvalue weighted by atomic mass is 9.97. The van der Waals surface area contributed by atoms with Crippen LogP contribution in [0.4, 0.5) is 4.39 Å². The molecule has 0 atom stereocenters. The molecule has 6 heteroatoms. The smallest absolute Gasteiger partial charge is 0.274 e. The highest BCUT2D eigenvalue weighted by Crippen LogP contribution is 2.29. The van der Waals surface area contributed by atoms with Crippen LogP contribution in [-0.2, 0) is 0 Å². The monoisotopic (exact) mass is 353 g/mol. The van der Waals surface area contributed by atoms with Gasteiger partial charge in [0.2, 0.25) is 0 Å². The number of carbonyl (C=O) groups is 1. The van der Waals surface area contributed by atoms with Gasteiger partial charge in [0.25, 0.3) is 5.91 Å². The molecule has 2 rings (SSSR count). The highest BCUT2D eigenvalue weighted by atomic mass is 19.1. The van der Waals surface area contributed by atoms with E-state index < -0.39 is 11.7 Å². The lowest BCUT2D eigenvalue weighted by Crippen LogP contribution is -2.19. The highest BCUT2D eigenvalue weighted by molar-refractivity contribution is 5.95. The number of nitrogens with one attached hydrogen (secondary N) is 1. The van der Waals surface area contributed by atoms with Gasteiger partial charge in [-0.3, -0.25) is 4.79 Å². The zero-order valence-electron chi connectivity index (χ0n) is 15.1. The van der Waals surface area contributed by atoms with E-state index in [2.05, 4.69) is 24.4 Å². The summed E-state index contributed by atoms with van der Waals surface area (Å²) in [6.45, 7) is 6.03. The second-order valence-electron chi connectivity index (χ2n) is 6.11. The van der Waals surface area contributed by atoms with Crippen molar-refractivity contribution in [3.05, 3.63) is 64.0 Å². The molecule has 0 aliphatic rings. The number of hydrogen-bond donors (Lipinski definition) is 1. The average molecular weight is 353 g/mol. The van der Waals surface area contributed by atoms with E-state index in [0.717, 1.165) is 28.5 Å². The number of nitriles is 1. The van der Waals surface area contributed by atoms with Crippen molar-refractivity contribution < 1.29 is 13.9 Å². The van der Waals surface area contributed by atoms with Crippen molar-refractivity contribution in [2.45, 2.75) is 26.7 Å². The average Bonchev–Trinajstić information content (AvgIpc) is 2.62. The molecular formula is C20H20FN3O2. The zero-order chi connectivity index (χ0) is 19.3. The second-order valence-corrected chi connectivity index (χ2v) is 6.11. The van der Waals surface area contributed by atoms with Crippen molar-refractivity contribution in [1.82, 2.24) is 5.43 Å². The topological polar surface area (TPSA) is 74.5 Å². The van der Waals surface area contributed by atoms with E-state index >= 15 is 0 Å². The van der Waals surface area contributed by atoms with E-state index in [9.17, 15) is 9.18 Å². The summed E-state index contributed by atoms with van der Waals surface area (Å²) >= 11 is 0. The fourth-order valence-corrected chi connectivity index (χ4v) is 2.47. The zero-order valence-corrected chi connectivity index (χ0v) is 15.1. The van der Waals surface area contributed by atoms with E-state index in [4.69, 9.17) is 10.00 Å². The summed E-state index contributed by atoms with van der Waals surface area (Å²) in [7, 11) is 1.63. The number of nitrogens with zero attached hydrogens (tertiary/aromatic N) is 2. The SMILES string of the molecule is COc1cc(C)c(C=NNC(=O)c2ccc(C#N)cc2F)cc1C(C)C. The Labute approximate surface area is 152 Å². The summed E-state index contributed by atoms with van der Waals surface area (Å²) in [5.74, 6) is -0.378. The van der Waals surface area contributed by atoms with Crippen LogP contribution in [-0.4, -0.2) is 19.2 Å². The molecule has 134 valence electrons. The molecule has 0 aromatic heterocycles. The van der Waals surface area contributed by atoms with Gasteiger partial charge in [0.15, 0.2) is 0 Å². The first-order chi connectivity index (χ1) is 12.4. The molecule has 1 N–H and O–H groups in total. The minimum Gasteiger partial charge on any atom is -0.496 e. The number of hydrazone groups is 1. The van der Waals surface area contributed by atoms with Gasteiger partial charge in [-0.2, -0.15) is 10.4 Å². The molecule has 26 heavy (non-hydrogen) atoms. The first kappa shape index (κ1) is 19.1.